The number of aryl methyl sites for hydroxylation is 1. The third kappa shape index (κ3) is 2.41. The molecule has 0 amide bonds. The number of fused-ring (bicyclic) bond motifs is 1. The van der Waals surface area contributed by atoms with Gasteiger partial charge in [0, 0.05) is 24.1 Å². The fourth-order valence-electron chi connectivity index (χ4n) is 2.52. The number of methoxy groups -OCH3 is 2. The summed E-state index contributed by atoms with van der Waals surface area (Å²) in [4.78, 5) is 10.4. The molecule has 0 unspecified atom stereocenters. The molecule has 0 aromatic heterocycles. The zero-order chi connectivity index (χ0) is 14.0. The Labute approximate surface area is 112 Å². The summed E-state index contributed by atoms with van der Waals surface area (Å²) in [5, 5.41) is 10.8. The summed E-state index contributed by atoms with van der Waals surface area (Å²) < 4.78 is 10.8. The van der Waals surface area contributed by atoms with E-state index in [2.05, 4.69) is 0 Å². The molecule has 19 heavy (non-hydrogen) atoms. The molecule has 0 saturated carbocycles. The van der Waals surface area contributed by atoms with Crippen molar-refractivity contribution < 1.29 is 14.4 Å². The molecular weight excluding hydrogens is 246 g/mol. The van der Waals surface area contributed by atoms with Crippen LogP contribution in [0.2, 0.25) is 0 Å². The predicted molar refractivity (Wildman–Crippen MR) is 72.2 cm³/mol. The number of rotatable bonds is 4. The van der Waals surface area contributed by atoms with Gasteiger partial charge in [0.2, 0.25) is 5.70 Å². The molecule has 0 spiro atoms. The molecule has 1 aromatic carbocycles. The zero-order valence-corrected chi connectivity index (χ0v) is 11.4. The van der Waals surface area contributed by atoms with E-state index >= 15 is 0 Å². The Bertz CT molecular complexity index is 549. The first-order chi connectivity index (χ1) is 9.08. The molecule has 1 aromatic rings. The van der Waals surface area contributed by atoms with Gasteiger partial charge in [-0.05, 0) is 30.9 Å². The average molecular weight is 263 g/mol. The fraction of sp³-hybridized carbons (Fsp3) is 0.429. The maximum Gasteiger partial charge on any atom is 0.243 e. The van der Waals surface area contributed by atoms with E-state index in [1.165, 1.54) is 18.6 Å². The van der Waals surface area contributed by atoms with E-state index in [9.17, 15) is 10.1 Å². The molecule has 2 rings (SSSR count). The third-order valence-corrected chi connectivity index (χ3v) is 3.39. The highest BCUT2D eigenvalue weighted by Crippen LogP contribution is 2.41. The van der Waals surface area contributed by atoms with Crippen LogP contribution in [0.25, 0.3) is 6.08 Å². The molecule has 0 bridgehead atoms. The summed E-state index contributed by atoms with van der Waals surface area (Å²) in [7, 11) is 3.16. The number of nitro groups is 1. The van der Waals surface area contributed by atoms with Crippen molar-refractivity contribution in [2.75, 3.05) is 14.2 Å². The standard InChI is InChI=1S/C14H17NO4/c1-9(15(16)17)7-11-8-10-5-4-6-12(10)14(19-3)13(11)18-2/h7-8H,4-6H2,1-3H3/b9-7+. The van der Waals surface area contributed by atoms with Crippen LogP contribution >= 0.6 is 0 Å². The lowest BCUT2D eigenvalue weighted by atomic mass is 10.0. The van der Waals surface area contributed by atoms with E-state index in [0.29, 0.717) is 17.1 Å². The summed E-state index contributed by atoms with van der Waals surface area (Å²) in [6.07, 6.45) is 4.55. The molecule has 0 fully saturated rings. The maximum atomic E-state index is 10.8. The molecule has 0 saturated heterocycles. The van der Waals surface area contributed by atoms with E-state index in [1.54, 1.807) is 14.2 Å². The van der Waals surface area contributed by atoms with Crippen molar-refractivity contribution in [1.29, 1.82) is 0 Å². The van der Waals surface area contributed by atoms with Crippen LogP contribution in [-0.2, 0) is 12.8 Å². The van der Waals surface area contributed by atoms with Gasteiger partial charge < -0.3 is 9.47 Å². The number of hydrogen-bond acceptors (Lipinski definition) is 4. The van der Waals surface area contributed by atoms with Crippen LogP contribution in [0.3, 0.4) is 0 Å². The number of ether oxygens (including phenoxy) is 2. The Kier molecular flexibility index (Phi) is 3.74. The number of benzene rings is 1. The monoisotopic (exact) mass is 263 g/mol. The first-order valence-electron chi connectivity index (χ1n) is 6.18. The molecule has 102 valence electrons. The lowest BCUT2D eigenvalue weighted by Crippen LogP contribution is -2.00. The van der Waals surface area contributed by atoms with Gasteiger partial charge >= 0.3 is 0 Å². The van der Waals surface area contributed by atoms with Gasteiger partial charge in [0.25, 0.3) is 0 Å². The van der Waals surface area contributed by atoms with E-state index in [-0.39, 0.29) is 5.70 Å². The van der Waals surface area contributed by atoms with Crippen LogP contribution < -0.4 is 9.47 Å². The first kappa shape index (κ1) is 13.4. The normalized spacial score (nSPS) is 14.2. The number of hydrogen-bond donors (Lipinski definition) is 0. The minimum atomic E-state index is -0.404. The smallest absolute Gasteiger partial charge is 0.243 e. The summed E-state index contributed by atoms with van der Waals surface area (Å²) >= 11 is 0. The minimum absolute atomic E-state index is 0.0818. The average Bonchev–Trinajstić information content (AvgIpc) is 2.84. The summed E-state index contributed by atoms with van der Waals surface area (Å²) in [6.45, 7) is 1.47. The van der Waals surface area contributed by atoms with Crippen molar-refractivity contribution in [3.8, 4) is 11.5 Å². The molecule has 0 aliphatic heterocycles. The lowest BCUT2D eigenvalue weighted by Gasteiger charge is -2.15. The van der Waals surface area contributed by atoms with Gasteiger partial charge in [-0.3, -0.25) is 10.1 Å². The van der Waals surface area contributed by atoms with E-state index in [1.807, 2.05) is 6.07 Å². The Morgan fingerprint density at radius 3 is 2.58 bits per heavy atom. The van der Waals surface area contributed by atoms with Crippen molar-refractivity contribution in [3.05, 3.63) is 38.6 Å². The van der Waals surface area contributed by atoms with Crippen LogP contribution in [0.5, 0.6) is 11.5 Å². The van der Waals surface area contributed by atoms with Crippen LogP contribution in [0.15, 0.2) is 11.8 Å². The van der Waals surface area contributed by atoms with Crippen molar-refractivity contribution in [3.63, 3.8) is 0 Å². The predicted octanol–water partition coefficient (Wildman–Crippen LogP) is 2.83. The van der Waals surface area contributed by atoms with Crippen molar-refractivity contribution in [2.24, 2.45) is 0 Å². The molecule has 0 heterocycles. The van der Waals surface area contributed by atoms with Crippen LogP contribution in [0.4, 0.5) is 0 Å². The van der Waals surface area contributed by atoms with E-state index < -0.39 is 4.92 Å². The molecular formula is C14H17NO4. The first-order valence-corrected chi connectivity index (χ1v) is 6.18. The third-order valence-electron chi connectivity index (χ3n) is 3.39. The summed E-state index contributed by atoms with van der Waals surface area (Å²) in [5.74, 6) is 1.28. The molecule has 0 atom stereocenters. The van der Waals surface area contributed by atoms with Crippen LogP contribution in [0.1, 0.15) is 30.0 Å². The highest BCUT2D eigenvalue weighted by molar-refractivity contribution is 5.68. The van der Waals surface area contributed by atoms with Gasteiger partial charge in [-0.15, -0.1) is 0 Å². The molecule has 1 aliphatic rings. The second kappa shape index (κ2) is 5.30. The van der Waals surface area contributed by atoms with E-state index in [4.69, 9.17) is 9.47 Å². The molecule has 1 aliphatic carbocycles. The quantitative estimate of drug-likeness (QED) is 0.619. The van der Waals surface area contributed by atoms with Gasteiger partial charge in [-0.1, -0.05) is 0 Å². The molecule has 0 N–H and O–H groups in total. The van der Waals surface area contributed by atoms with E-state index in [0.717, 1.165) is 24.8 Å². The Morgan fingerprint density at radius 1 is 1.32 bits per heavy atom. The molecule has 5 nitrogen and oxygen atoms in total. The van der Waals surface area contributed by atoms with Crippen LogP contribution in [0, 0.1) is 10.1 Å². The number of nitrogens with zero attached hydrogens (tertiary/aromatic N) is 1. The van der Waals surface area contributed by atoms with Gasteiger partial charge in [0.05, 0.1) is 19.1 Å². The minimum Gasteiger partial charge on any atom is -0.493 e. The largest absolute Gasteiger partial charge is 0.493 e. The molecule has 0 radical (unpaired) electrons. The highest BCUT2D eigenvalue weighted by atomic mass is 16.6. The molecule has 5 heteroatoms. The van der Waals surface area contributed by atoms with Crippen molar-refractivity contribution >= 4 is 6.08 Å². The lowest BCUT2D eigenvalue weighted by molar-refractivity contribution is -0.422. The summed E-state index contributed by atoms with van der Waals surface area (Å²) in [6, 6.07) is 1.97. The van der Waals surface area contributed by atoms with Crippen molar-refractivity contribution in [1.82, 2.24) is 0 Å². The van der Waals surface area contributed by atoms with Gasteiger partial charge in [-0.2, -0.15) is 0 Å². The number of allylic oxidation sites excluding steroid dienone is 1. The topological polar surface area (TPSA) is 61.6 Å². The Balaban J connectivity index is 2.61. The maximum absolute atomic E-state index is 10.8. The highest BCUT2D eigenvalue weighted by Gasteiger charge is 2.22. The fourth-order valence-corrected chi connectivity index (χ4v) is 2.52. The van der Waals surface area contributed by atoms with Gasteiger partial charge in [0.15, 0.2) is 11.5 Å². The second-order valence-corrected chi connectivity index (χ2v) is 4.57. The van der Waals surface area contributed by atoms with Gasteiger partial charge in [0.1, 0.15) is 0 Å². The van der Waals surface area contributed by atoms with Crippen molar-refractivity contribution in [2.45, 2.75) is 26.2 Å². The zero-order valence-electron chi connectivity index (χ0n) is 11.4. The Morgan fingerprint density at radius 2 is 2.00 bits per heavy atom. The Hall–Kier alpha value is -2.04. The second-order valence-electron chi connectivity index (χ2n) is 4.57. The van der Waals surface area contributed by atoms with Crippen LogP contribution in [-0.4, -0.2) is 19.1 Å². The van der Waals surface area contributed by atoms with Gasteiger partial charge in [-0.25, -0.2) is 0 Å². The summed E-state index contributed by atoms with van der Waals surface area (Å²) in [5.41, 5.74) is 3.14. The SMILES string of the molecule is COc1c(/C=C(\C)[N+](=O)[O-])cc2c(c1OC)CCC2.